The maximum atomic E-state index is 13.6. The Morgan fingerprint density at radius 2 is 1.93 bits per heavy atom. The first-order valence-corrected chi connectivity index (χ1v) is 10.5. The zero-order chi connectivity index (χ0) is 21.4. The van der Waals surface area contributed by atoms with Gasteiger partial charge in [-0.15, -0.1) is 0 Å². The Kier molecular flexibility index (Phi) is 5.99. The lowest BCUT2D eigenvalue weighted by Gasteiger charge is -2.43. The number of rotatable bonds is 3. The van der Waals surface area contributed by atoms with E-state index in [2.05, 4.69) is 17.1 Å². The van der Waals surface area contributed by atoms with Crippen LogP contribution in [0.5, 0.6) is 0 Å². The summed E-state index contributed by atoms with van der Waals surface area (Å²) < 4.78 is 19.2. The number of amides is 1. The number of carbonyl (C=O) groups excluding carboxylic acids is 1. The summed E-state index contributed by atoms with van der Waals surface area (Å²) in [6.45, 7) is 13.0. The predicted molar refractivity (Wildman–Crippen MR) is 115 cm³/mol. The van der Waals surface area contributed by atoms with Gasteiger partial charge < -0.3 is 20.7 Å². The lowest BCUT2D eigenvalue weighted by atomic mass is 9.93. The first-order chi connectivity index (χ1) is 13.5. The van der Waals surface area contributed by atoms with E-state index in [9.17, 15) is 9.18 Å². The molecule has 1 aromatic rings. The highest BCUT2D eigenvalue weighted by Crippen LogP contribution is 2.32. The molecule has 3 N–H and O–H groups in total. The number of nitrogen functional groups attached to an aromatic ring is 1. The van der Waals surface area contributed by atoms with E-state index in [4.69, 9.17) is 10.5 Å². The van der Waals surface area contributed by atoms with Gasteiger partial charge in [-0.25, -0.2) is 9.18 Å². The minimum atomic E-state index is -0.472. The highest BCUT2D eigenvalue weighted by atomic mass is 19.1. The van der Waals surface area contributed by atoms with Crippen molar-refractivity contribution in [3.8, 4) is 0 Å². The van der Waals surface area contributed by atoms with Crippen LogP contribution in [0.15, 0.2) is 12.1 Å². The molecule has 0 radical (unpaired) electrons. The first kappa shape index (κ1) is 21.7. The van der Waals surface area contributed by atoms with Gasteiger partial charge in [0.05, 0.1) is 11.4 Å². The van der Waals surface area contributed by atoms with Crippen LogP contribution < -0.4 is 11.1 Å². The molecule has 0 aromatic heterocycles. The Morgan fingerprint density at radius 3 is 2.55 bits per heavy atom. The summed E-state index contributed by atoms with van der Waals surface area (Å²) in [6, 6.07) is 3.48. The molecule has 1 atom stereocenters. The van der Waals surface area contributed by atoms with Crippen molar-refractivity contribution in [1.82, 2.24) is 9.80 Å². The normalized spacial score (nSPS) is 24.0. The fraction of sp³-hybridized carbons (Fsp3) is 0.682. The Morgan fingerprint density at radius 1 is 1.28 bits per heavy atom. The molecule has 0 saturated carbocycles. The van der Waals surface area contributed by atoms with Gasteiger partial charge in [-0.05, 0) is 71.6 Å². The summed E-state index contributed by atoms with van der Waals surface area (Å²) in [6.07, 6.45) is 2.70. The van der Waals surface area contributed by atoms with Crippen molar-refractivity contribution in [3.05, 3.63) is 23.5 Å². The molecule has 0 bridgehead atoms. The summed E-state index contributed by atoms with van der Waals surface area (Å²) >= 11 is 0. The second-order valence-corrected chi connectivity index (χ2v) is 9.74. The van der Waals surface area contributed by atoms with E-state index in [1.165, 1.54) is 6.07 Å². The number of hydrogen-bond acceptors (Lipinski definition) is 5. The summed E-state index contributed by atoms with van der Waals surface area (Å²) in [7, 11) is 0. The minimum absolute atomic E-state index is 0.0205. The molecule has 2 saturated heterocycles. The average Bonchev–Trinajstić information content (AvgIpc) is 3.02. The number of halogens is 1. The van der Waals surface area contributed by atoms with Gasteiger partial charge in [0, 0.05) is 37.8 Å². The fourth-order valence-corrected chi connectivity index (χ4v) is 4.29. The molecule has 3 rings (SSSR count). The Hall–Kier alpha value is -2.02. The summed E-state index contributed by atoms with van der Waals surface area (Å²) in [4.78, 5) is 16.7. The quantitative estimate of drug-likeness (QED) is 0.743. The SMILES string of the molecule is Cc1cc(NC2CCN(C3(C)CCN(C(=O)OC(C)(C)C)C3)CC2)c(N)cc1F. The molecule has 1 unspecified atom stereocenters. The molecule has 2 aliphatic rings. The second-order valence-electron chi connectivity index (χ2n) is 9.74. The van der Waals surface area contributed by atoms with Gasteiger partial charge >= 0.3 is 6.09 Å². The molecule has 29 heavy (non-hydrogen) atoms. The molecule has 2 heterocycles. The number of piperidine rings is 1. The van der Waals surface area contributed by atoms with Crippen molar-refractivity contribution < 1.29 is 13.9 Å². The Labute approximate surface area is 173 Å². The number of likely N-dealkylation sites (tertiary alicyclic amines) is 2. The van der Waals surface area contributed by atoms with Crippen molar-refractivity contribution in [2.45, 2.75) is 71.1 Å². The smallest absolute Gasteiger partial charge is 0.410 e. The highest BCUT2D eigenvalue weighted by molar-refractivity contribution is 5.69. The maximum absolute atomic E-state index is 13.6. The van der Waals surface area contributed by atoms with Crippen molar-refractivity contribution in [3.63, 3.8) is 0 Å². The fourth-order valence-electron chi connectivity index (χ4n) is 4.29. The molecule has 162 valence electrons. The number of carbonyl (C=O) groups is 1. The minimum Gasteiger partial charge on any atom is -0.444 e. The van der Waals surface area contributed by atoms with E-state index in [0.717, 1.165) is 44.6 Å². The van der Waals surface area contributed by atoms with Crippen LogP contribution in [0.2, 0.25) is 0 Å². The molecule has 1 aromatic carbocycles. The van der Waals surface area contributed by atoms with Crippen molar-refractivity contribution >= 4 is 17.5 Å². The lowest BCUT2D eigenvalue weighted by Crippen LogP contribution is -2.53. The third kappa shape index (κ3) is 5.13. The van der Waals surface area contributed by atoms with E-state index < -0.39 is 5.60 Å². The number of nitrogens with two attached hydrogens (primary N) is 1. The molecule has 1 amide bonds. The molecule has 6 nitrogen and oxygen atoms in total. The topological polar surface area (TPSA) is 70.8 Å². The molecule has 7 heteroatoms. The maximum Gasteiger partial charge on any atom is 0.410 e. The summed E-state index contributed by atoms with van der Waals surface area (Å²) in [5.41, 5.74) is 7.35. The lowest BCUT2D eigenvalue weighted by molar-refractivity contribution is 0.0232. The second kappa shape index (κ2) is 8.01. The van der Waals surface area contributed by atoms with Crippen LogP contribution in [0.4, 0.5) is 20.6 Å². The number of ether oxygens (including phenoxy) is 1. The van der Waals surface area contributed by atoms with Gasteiger partial charge in [0.1, 0.15) is 11.4 Å². The zero-order valence-electron chi connectivity index (χ0n) is 18.3. The molecule has 0 spiro atoms. The number of aryl methyl sites for hydroxylation is 1. The Balaban J connectivity index is 1.54. The van der Waals surface area contributed by atoms with Crippen LogP contribution in [0.3, 0.4) is 0 Å². The van der Waals surface area contributed by atoms with Crippen molar-refractivity contribution in [1.29, 1.82) is 0 Å². The van der Waals surface area contributed by atoms with E-state index in [-0.39, 0.29) is 17.4 Å². The van der Waals surface area contributed by atoms with Gasteiger partial charge in [0.25, 0.3) is 0 Å². The van der Waals surface area contributed by atoms with Crippen LogP contribution in [-0.2, 0) is 4.74 Å². The summed E-state index contributed by atoms with van der Waals surface area (Å²) in [5, 5.41) is 3.49. The van der Waals surface area contributed by atoms with Crippen LogP contribution in [0.25, 0.3) is 0 Å². The average molecular weight is 407 g/mol. The monoisotopic (exact) mass is 406 g/mol. The Bertz CT molecular complexity index is 756. The van der Waals surface area contributed by atoms with Crippen LogP contribution in [-0.4, -0.2) is 59.3 Å². The predicted octanol–water partition coefficient (Wildman–Crippen LogP) is 3.99. The zero-order valence-corrected chi connectivity index (χ0v) is 18.3. The van der Waals surface area contributed by atoms with Gasteiger partial charge in [-0.3, -0.25) is 4.90 Å². The number of nitrogens with zero attached hydrogens (tertiary/aromatic N) is 2. The van der Waals surface area contributed by atoms with Gasteiger partial charge in [0.2, 0.25) is 0 Å². The third-order valence-corrected chi connectivity index (χ3v) is 6.05. The highest BCUT2D eigenvalue weighted by Gasteiger charge is 2.42. The summed E-state index contributed by atoms with van der Waals surface area (Å²) in [5.74, 6) is -0.272. The number of hydrogen-bond donors (Lipinski definition) is 2. The van der Waals surface area contributed by atoms with Crippen molar-refractivity contribution in [2.75, 3.05) is 37.2 Å². The van der Waals surface area contributed by atoms with E-state index in [0.29, 0.717) is 23.8 Å². The molecule has 2 fully saturated rings. The number of anilines is 2. The molecular formula is C22H35FN4O2. The van der Waals surface area contributed by atoms with E-state index in [1.54, 1.807) is 13.0 Å². The third-order valence-electron chi connectivity index (χ3n) is 6.05. The van der Waals surface area contributed by atoms with Crippen LogP contribution >= 0.6 is 0 Å². The van der Waals surface area contributed by atoms with Crippen LogP contribution in [0.1, 0.15) is 52.5 Å². The molecule has 2 aliphatic heterocycles. The first-order valence-electron chi connectivity index (χ1n) is 10.5. The van der Waals surface area contributed by atoms with Crippen LogP contribution in [0, 0.1) is 12.7 Å². The van der Waals surface area contributed by atoms with Gasteiger partial charge in [-0.1, -0.05) is 0 Å². The standard InChI is InChI=1S/C22H35FN4O2/c1-15-12-19(18(24)13-17(15)23)25-16-6-9-27(10-7-16)22(5)8-11-26(14-22)20(28)29-21(2,3)4/h12-13,16,25H,6-11,14,24H2,1-5H3. The number of benzene rings is 1. The van der Waals surface area contributed by atoms with E-state index in [1.807, 2.05) is 25.7 Å². The van der Waals surface area contributed by atoms with Crippen molar-refractivity contribution in [2.24, 2.45) is 0 Å². The molecular weight excluding hydrogens is 371 g/mol. The van der Waals surface area contributed by atoms with Gasteiger partial charge in [0.15, 0.2) is 0 Å². The van der Waals surface area contributed by atoms with E-state index >= 15 is 0 Å². The largest absolute Gasteiger partial charge is 0.444 e. The van der Waals surface area contributed by atoms with Gasteiger partial charge in [-0.2, -0.15) is 0 Å². The molecule has 0 aliphatic carbocycles. The number of nitrogens with one attached hydrogen (secondary N) is 1.